The third-order valence-electron chi connectivity index (χ3n) is 2.95. The minimum absolute atomic E-state index is 0.252. The van der Waals surface area contributed by atoms with Gasteiger partial charge in [-0.15, -0.1) is 0 Å². The van der Waals surface area contributed by atoms with Gasteiger partial charge < -0.3 is 15.0 Å². The first-order valence-corrected chi connectivity index (χ1v) is 6.69. The Morgan fingerprint density at radius 2 is 1.79 bits per heavy atom. The molecular formula is C14H16F6N2O2. The van der Waals surface area contributed by atoms with Gasteiger partial charge in [-0.2, -0.15) is 26.3 Å². The highest BCUT2D eigenvalue weighted by Gasteiger charge is 2.35. The van der Waals surface area contributed by atoms with Gasteiger partial charge in [0.15, 0.2) is 0 Å². The number of alkyl halides is 6. The molecule has 10 heteroatoms. The highest BCUT2D eigenvalue weighted by Crippen LogP contribution is 2.37. The second-order valence-corrected chi connectivity index (χ2v) is 5.18. The first kappa shape index (κ1) is 20.1. The number of ether oxygens (including phenoxy) is 1. The lowest BCUT2D eigenvalue weighted by Gasteiger charge is -2.20. The van der Waals surface area contributed by atoms with Crippen molar-refractivity contribution in [3.8, 4) is 0 Å². The average Bonchev–Trinajstić information content (AvgIpc) is 2.42. The molecule has 0 bridgehead atoms. The summed E-state index contributed by atoms with van der Waals surface area (Å²) in [7, 11) is 3.08. The van der Waals surface area contributed by atoms with Crippen molar-refractivity contribution in [3.63, 3.8) is 0 Å². The molecule has 0 heterocycles. The molecule has 1 rings (SSSR count). The van der Waals surface area contributed by atoms with E-state index in [0.29, 0.717) is 0 Å². The molecule has 1 aromatic rings. The molecular weight excluding hydrogens is 342 g/mol. The van der Waals surface area contributed by atoms with Gasteiger partial charge in [-0.1, -0.05) is 0 Å². The van der Waals surface area contributed by atoms with E-state index in [9.17, 15) is 31.1 Å². The third kappa shape index (κ3) is 5.91. The maximum Gasteiger partial charge on any atom is 0.418 e. The topological polar surface area (TPSA) is 41.6 Å². The number of amides is 1. The number of carbonyl (C=O) groups excluding carboxylic acids is 1. The smallest absolute Gasteiger partial charge is 0.378 e. The quantitative estimate of drug-likeness (QED) is 0.817. The Morgan fingerprint density at radius 3 is 2.25 bits per heavy atom. The number of hydrogen-bond acceptors (Lipinski definition) is 3. The van der Waals surface area contributed by atoms with Crippen LogP contribution in [0.25, 0.3) is 0 Å². The van der Waals surface area contributed by atoms with E-state index >= 15 is 0 Å². The lowest BCUT2D eigenvalue weighted by Crippen LogP contribution is -2.32. The van der Waals surface area contributed by atoms with Crippen molar-refractivity contribution in [2.75, 3.05) is 30.9 Å². The highest BCUT2D eigenvalue weighted by molar-refractivity contribution is 5.95. The maximum absolute atomic E-state index is 13.1. The Hall–Kier alpha value is -1.97. The Morgan fingerprint density at radius 1 is 1.21 bits per heavy atom. The fourth-order valence-corrected chi connectivity index (χ4v) is 1.68. The second-order valence-electron chi connectivity index (χ2n) is 5.18. The molecule has 0 radical (unpaired) electrons. The Kier molecular flexibility index (Phi) is 6.09. The number of hydrogen-bond donors (Lipinski definition) is 1. The van der Waals surface area contributed by atoms with Gasteiger partial charge in [0.2, 0.25) is 0 Å². The lowest BCUT2D eigenvalue weighted by atomic mass is 10.1. The third-order valence-corrected chi connectivity index (χ3v) is 2.95. The number of anilines is 2. The number of nitrogens with one attached hydrogen (secondary N) is 1. The molecule has 0 aromatic heterocycles. The van der Waals surface area contributed by atoms with E-state index in [0.717, 1.165) is 19.1 Å². The highest BCUT2D eigenvalue weighted by atomic mass is 19.4. The zero-order valence-electron chi connectivity index (χ0n) is 13.0. The van der Waals surface area contributed by atoms with Crippen molar-refractivity contribution in [2.45, 2.75) is 25.4 Å². The van der Waals surface area contributed by atoms with Crippen molar-refractivity contribution in [1.29, 1.82) is 0 Å². The Bertz CT molecular complexity index is 584. The predicted molar refractivity (Wildman–Crippen MR) is 75.9 cm³/mol. The fourth-order valence-electron chi connectivity index (χ4n) is 1.68. The summed E-state index contributed by atoms with van der Waals surface area (Å²) >= 11 is 0. The van der Waals surface area contributed by atoms with Crippen molar-refractivity contribution in [3.05, 3.63) is 23.8 Å². The zero-order chi connectivity index (χ0) is 18.7. The molecule has 0 unspecified atom stereocenters. The molecule has 0 saturated heterocycles. The van der Waals surface area contributed by atoms with E-state index in [2.05, 4.69) is 4.74 Å². The molecule has 0 aliphatic rings. The molecule has 1 aromatic carbocycles. The number of nitrogens with zero attached hydrogens (tertiary/aromatic N) is 1. The van der Waals surface area contributed by atoms with E-state index in [-0.39, 0.29) is 5.69 Å². The van der Waals surface area contributed by atoms with Gasteiger partial charge in [0.05, 0.1) is 11.3 Å². The van der Waals surface area contributed by atoms with Crippen LogP contribution in [0.1, 0.15) is 12.5 Å². The molecule has 0 aliphatic heterocycles. The number of carbonyl (C=O) groups is 1. The molecule has 1 atom stereocenters. The van der Waals surface area contributed by atoms with Crippen LogP contribution in [0.3, 0.4) is 0 Å². The van der Waals surface area contributed by atoms with Gasteiger partial charge in [0.25, 0.3) is 5.91 Å². The Balaban J connectivity index is 2.95. The van der Waals surface area contributed by atoms with Crippen molar-refractivity contribution >= 4 is 17.3 Å². The van der Waals surface area contributed by atoms with Crippen LogP contribution in [0.4, 0.5) is 37.7 Å². The number of rotatable bonds is 5. The van der Waals surface area contributed by atoms with E-state index < -0.39 is 42.2 Å². The zero-order valence-corrected chi connectivity index (χ0v) is 13.0. The van der Waals surface area contributed by atoms with Crippen molar-refractivity contribution < 1.29 is 35.9 Å². The molecule has 0 aliphatic carbocycles. The number of halogens is 6. The predicted octanol–water partition coefficient (Wildman–Crippen LogP) is 3.68. The summed E-state index contributed by atoms with van der Waals surface area (Å²) in [5, 5.41) is 1.95. The van der Waals surface area contributed by atoms with Crippen LogP contribution in [0.15, 0.2) is 18.2 Å². The summed E-state index contributed by atoms with van der Waals surface area (Å²) in [5.41, 5.74) is -1.41. The van der Waals surface area contributed by atoms with Crippen LogP contribution in [-0.4, -0.2) is 38.9 Å². The second kappa shape index (κ2) is 7.29. The maximum atomic E-state index is 13.1. The summed E-state index contributed by atoms with van der Waals surface area (Å²) in [6.07, 6.45) is -11.0. The summed E-state index contributed by atoms with van der Waals surface area (Å²) in [6.45, 7) is -0.657. The molecule has 4 nitrogen and oxygen atoms in total. The molecule has 1 N–H and O–H groups in total. The standard InChI is InChI=1S/C14H16F6N2O2/c1-8(24-7-13(15,16)17)12(23)21-11-5-4-9(22(2)3)6-10(11)14(18,19)20/h4-6,8H,7H2,1-3H3,(H,21,23)/t8-/m0/s1. The van der Waals surface area contributed by atoms with Crippen LogP contribution < -0.4 is 10.2 Å². The molecule has 0 saturated carbocycles. The van der Waals surface area contributed by atoms with Gasteiger partial charge in [0, 0.05) is 19.8 Å². The van der Waals surface area contributed by atoms with Crippen LogP contribution in [0.5, 0.6) is 0 Å². The Labute approximate surface area is 134 Å². The molecule has 0 spiro atoms. The van der Waals surface area contributed by atoms with Crippen LogP contribution >= 0.6 is 0 Å². The van der Waals surface area contributed by atoms with Gasteiger partial charge in [-0.05, 0) is 25.1 Å². The minimum atomic E-state index is -4.75. The van der Waals surface area contributed by atoms with Crippen molar-refractivity contribution in [2.24, 2.45) is 0 Å². The van der Waals surface area contributed by atoms with Gasteiger partial charge >= 0.3 is 12.4 Å². The number of benzene rings is 1. The van der Waals surface area contributed by atoms with Gasteiger partial charge in [-0.25, -0.2) is 0 Å². The molecule has 136 valence electrons. The van der Waals surface area contributed by atoms with Crippen molar-refractivity contribution in [1.82, 2.24) is 0 Å². The first-order valence-electron chi connectivity index (χ1n) is 6.69. The van der Waals surface area contributed by atoms with Gasteiger partial charge in [-0.3, -0.25) is 4.79 Å². The molecule has 0 fully saturated rings. The summed E-state index contributed by atoms with van der Waals surface area (Å²) in [6, 6.07) is 3.20. The summed E-state index contributed by atoms with van der Waals surface area (Å²) < 4.78 is 79.7. The average molecular weight is 358 g/mol. The van der Waals surface area contributed by atoms with E-state index in [1.165, 1.54) is 11.0 Å². The summed E-state index contributed by atoms with van der Waals surface area (Å²) in [5.74, 6) is -1.11. The molecule has 1 amide bonds. The van der Waals surface area contributed by atoms with E-state index in [1.54, 1.807) is 14.1 Å². The van der Waals surface area contributed by atoms with Gasteiger partial charge in [0.1, 0.15) is 12.7 Å². The fraction of sp³-hybridized carbons (Fsp3) is 0.500. The normalized spacial score (nSPS) is 13.5. The van der Waals surface area contributed by atoms with Crippen LogP contribution in [-0.2, 0) is 15.7 Å². The molecule has 24 heavy (non-hydrogen) atoms. The first-order chi connectivity index (χ1) is 10.8. The largest absolute Gasteiger partial charge is 0.418 e. The van der Waals surface area contributed by atoms with E-state index in [4.69, 9.17) is 0 Å². The minimum Gasteiger partial charge on any atom is -0.378 e. The van der Waals surface area contributed by atoms with Crippen LogP contribution in [0.2, 0.25) is 0 Å². The van der Waals surface area contributed by atoms with E-state index in [1.807, 2.05) is 5.32 Å². The monoisotopic (exact) mass is 358 g/mol. The summed E-state index contributed by atoms with van der Waals surface area (Å²) in [4.78, 5) is 13.2. The van der Waals surface area contributed by atoms with Crippen LogP contribution in [0, 0.1) is 0 Å². The lowest BCUT2D eigenvalue weighted by molar-refractivity contribution is -0.184. The SMILES string of the molecule is C[C@H](OCC(F)(F)F)C(=O)Nc1ccc(N(C)C)cc1C(F)(F)F.